The van der Waals surface area contributed by atoms with Crippen molar-refractivity contribution in [1.82, 2.24) is 4.57 Å². The van der Waals surface area contributed by atoms with Gasteiger partial charge in [-0.1, -0.05) is 61.0 Å². The van der Waals surface area contributed by atoms with Crippen LogP contribution in [0.2, 0.25) is 0 Å². The molecular formula is C19H20BrN. The molecule has 0 saturated carbocycles. The van der Waals surface area contributed by atoms with E-state index in [-0.39, 0.29) is 5.41 Å². The van der Waals surface area contributed by atoms with Crippen molar-refractivity contribution >= 4 is 26.8 Å². The molecule has 0 bridgehead atoms. The molecule has 2 aromatic carbocycles. The molecule has 0 aliphatic heterocycles. The van der Waals surface area contributed by atoms with Crippen molar-refractivity contribution in [1.29, 1.82) is 0 Å². The maximum Gasteiger partial charge on any atom is 0.0484 e. The molecule has 0 unspecified atom stereocenters. The monoisotopic (exact) mass is 341 g/mol. The Kier molecular flexibility index (Phi) is 3.66. The number of halogens is 1. The van der Waals surface area contributed by atoms with Crippen LogP contribution in [0.25, 0.3) is 10.9 Å². The molecular weight excluding hydrogens is 322 g/mol. The lowest BCUT2D eigenvalue weighted by Crippen LogP contribution is -2.10. The summed E-state index contributed by atoms with van der Waals surface area (Å²) in [4.78, 5) is 0. The van der Waals surface area contributed by atoms with Gasteiger partial charge in [0.1, 0.15) is 0 Å². The molecule has 1 nitrogen and oxygen atoms in total. The smallest absolute Gasteiger partial charge is 0.0484 e. The third-order valence-electron chi connectivity index (χ3n) is 3.91. The Balaban J connectivity index is 1.88. The van der Waals surface area contributed by atoms with Gasteiger partial charge in [-0.25, -0.2) is 0 Å². The first-order valence-corrected chi connectivity index (χ1v) is 8.06. The van der Waals surface area contributed by atoms with Crippen LogP contribution in [-0.2, 0) is 12.0 Å². The fourth-order valence-electron chi connectivity index (χ4n) is 2.62. The Morgan fingerprint density at radius 2 is 1.67 bits per heavy atom. The van der Waals surface area contributed by atoms with E-state index in [0.29, 0.717) is 0 Å². The Morgan fingerprint density at radius 1 is 0.952 bits per heavy atom. The second-order valence-corrected chi connectivity index (χ2v) is 7.51. The van der Waals surface area contributed by atoms with Crippen molar-refractivity contribution in [3.05, 3.63) is 70.3 Å². The van der Waals surface area contributed by atoms with E-state index in [4.69, 9.17) is 0 Å². The molecule has 3 aromatic rings. The highest BCUT2D eigenvalue weighted by molar-refractivity contribution is 9.10. The first kappa shape index (κ1) is 14.4. The van der Waals surface area contributed by atoms with Gasteiger partial charge in [-0.2, -0.15) is 0 Å². The lowest BCUT2D eigenvalue weighted by Gasteiger charge is -2.19. The van der Waals surface area contributed by atoms with Gasteiger partial charge >= 0.3 is 0 Å². The predicted molar refractivity (Wildman–Crippen MR) is 93.9 cm³/mol. The molecule has 0 radical (unpaired) electrons. The normalized spacial score (nSPS) is 12.0. The number of hydrogen-bond acceptors (Lipinski definition) is 0. The van der Waals surface area contributed by atoms with Crippen LogP contribution in [0.3, 0.4) is 0 Å². The van der Waals surface area contributed by atoms with Crippen molar-refractivity contribution in [2.75, 3.05) is 0 Å². The average molecular weight is 342 g/mol. The van der Waals surface area contributed by atoms with Gasteiger partial charge < -0.3 is 4.57 Å². The zero-order chi connectivity index (χ0) is 15.0. The van der Waals surface area contributed by atoms with Crippen molar-refractivity contribution in [2.24, 2.45) is 0 Å². The third kappa shape index (κ3) is 3.06. The lowest BCUT2D eigenvalue weighted by molar-refractivity contribution is 0.590. The van der Waals surface area contributed by atoms with Crippen molar-refractivity contribution in [3.63, 3.8) is 0 Å². The van der Waals surface area contributed by atoms with E-state index < -0.39 is 0 Å². The van der Waals surface area contributed by atoms with Crippen LogP contribution in [0.5, 0.6) is 0 Å². The van der Waals surface area contributed by atoms with Crippen LogP contribution in [0.15, 0.2) is 59.2 Å². The van der Waals surface area contributed by atoms with E-state index in [9.17, 15) is 0 Å². The van der Waals surface area contributed by atoms with Crippen LogP contribution < -0.4 is 0 Å². The quantitative estimate of drug-likeness (QED) is 0.559. The summed E-state index contributed by atoms with van der Waals surface area (Å²) < 4.78 is 3.43. The largest absolute Gasteiger partial charge is 0.343 e. The highest BCUT2D eigenvalue weighted by atomic mass is 79.9. The van der Waals surface area contributed by atoms with Gasteiger partial charge in [-0.05, 0) is 40.8 Å². The second-order valence-electron chi connectivity index (χ2n) is 6.59. The Morgan fingerprint density at radius 3 is 2.33 bits per heavy atom. The zero-order valence-electron chi connectivity index (χ0n) is 12.7. The van der Waals surface area contributed by atoms with Crippen LogP contribution in [0, 0.1) is 0 Å². The fourth-order valence-corrected chi connectivity index (χ4v) is 2.99. The Bertz CT molecular complexity index is 760. The summed E-state index contributed by atoms with van der Waals surface area (Å²) in [6, 6.07) is 17.6. The first-order chi connectivity index (χ1) is 9.93. The molecule has 1 heterocycles. The maximum atomic E-state index is 3.53. The highest BCUT2D eigenvalue weighted by Gasteiger charge is 2.12. The van der Waals surface area contributed by atoms with E-state index in [1.807, 2.05) is 0 Å². The molecule has 0 aliphatic rings. The van der Waals surface area contributed by atoms with E-state index in [1.54, 1.807) is 0 Å². The Hall–Kier alpha value is -1.54. The van der Waals surface area contributed by atoms with Gasteiger partial charge in [0.25, 0.3) is 0 Å². The summed E-state index contributed by atoms with van der Waals surface area (Å²) in [5.74, 6) is 0. The number of nitrogens with zero attached hydrogens (tertiary/aromatic N) is 1. The van der Waals surface area contributed by atoms with E-state index in [0.717, 1.165) is 11.0 Å². The summed E-state index contributed by atoms with van der Waals surface area (Å²) in [5, 5.41) is 1.27. The number of rotatable bonds is 2. The lowest BCUT2D eigenvalue weighted by atomic mass is 9.87. The minimum absolute atomic E-state index is 0.213. The SMILES string of the molecule is CC(C)(C)c1ccc(Cn2ccc3cc(Br)ccc32)cc1. The standard InChI is InChI=1S/C19H20BrN/c1-19(2,3)16-6-4-14(5-7-16)13-21-11-10-15-12-17(20)8-9-18(15)21/h4-12H,13H2,1-3H3. The number of hydrogen-bond donors (Lipinski definition) is 0. The first-order valence-electron chi connectivity index (χ1n) is 7.27. The van der Waals surface area contributed by atoms with Crippen molar-refractivity contribution < 1.29 is 0 Å². The molecule has 0 amide bonds. The van der Waals surface area contributed by atoms with Gasteiger partial charge in [-0.3, -0.25) is 0 Å². The molecule has 1 aromatic heterocycles. The summed E-state index contributed by atoms with van der Waals surface area (Å²) in [6.07, 6.45) is 2.16. The van der Waals surface area contributed by atoms with E-state index >= 15 is 0 Å². The fraction of sp³-hybridized carbons (Fsp3) is 0.263. The molecule has 21 heavy (non-hydrogen) atoms. The minimum Gasteiger partial charge on any atom is -0.343 e. The molecule has 0 aliphatic carbocycles. The van der Waals surface area contributed by atoms with Crippen LogP contribution >= 0.6 is 15.9 Å². The maximum absolute atomic E-state index is 3.53. The van der Waals surface area contributed by atoms with Crippen LogP contribution in [0.4, 0.5) is 0 Å². The molecule has 0 saturated heterocycles. The highest BCUT2D eigenvalue weighted by Crippen LogP contribution is 2.24. The molecule has 0 fully saturated rings. The summed E-state index contributed by atoms with van der Waals surface area (Å²) in [6.45, 7) is 7.66. The Labute approximate surface area is 134 Å². The number of benzene rings is 2. The predicted octanol–water partition coefficient (Wildman–Crippen LogP) is 5.75. The molecule has 0 spiro atoms. The van der Waals surface area contributed by atoms with Gasteiger partial charge in [0.05, 0.1) is 0 Å². The van der Waals surface area contributed by atoms with Gasteiger partial charge in [0.2, 0.25) is 0 Å². The van der Waals surface area contributed by atoms with E-state index in [2.05, 4.69) is 96.0 Å². The number of aromatic nitrogens is 1. The van der Waals surface area contributed by atoms with Gasteiger partial charge in [0.15, 0.2) is 0 Å². The average Bonchev–Trinajstić information content (AvgIpc) is 2.80. The van der Waals surface area contributed by atoms with E-state index in [1.165, 1.54) is 22.0 Å². The summed E-state index contributed by atoms with van der Waals surface area (Å²) >= 11 is 3.53. The summed E-state index contributed by atoms with van der Waals surface area (Å²) in [5.41, 5.74) is 4.21. The molecule has 0 atom stereocenters. The molecule has 108 valence electrons. The molecule has 0 N–H and O–H groups in total. The minimum atomic E-state index is 0.213. The van der Waals surface area contributed by atoms with Crippen molar-refractivity contribution in [2.45, 2.75) is 32.7 Å². The van der Waals surface area contributed by atoms with Gasteiger partial charge in [0, 0.05) is 28.1 Å². The zero-order valence-corrected chi connectivity index (χ0v) is 14.3. The number of fused-ring (bicyclic) bond motifs is 1. The van der Waals surface area contributed by atoms with Gasteiger partial charge in [-0.15, -0.1) is 0 Å². The van der Waals surface area contributed by atoms with Crippen molar-refractivity contribution in [3.8, 4) is 0 Å². The van der Waals surface area contributed by atoms with Crippen LogP contribution in [0.1, 0.15) is 31.9 Å². The molecule has 2 heteroatoms. The third-order valence-corrected chi connectivity index (χ3v) is 4.40. The second kappa shape index (κ2) is 5.34. The molecule has 3 rings (SSSR count). The topological polar surface area (TPSA) is 4.93 Å². The summed E-state index contributed by atoms with van der Waals surface area (Å²) in [7, 11) is 0. The van der Waals surface area contributed by atoms with Crippen LogP contribution in [-0.4, -0.2) is 4.57 Å².